The lowest BCUT2D eigenvalue weighted by atomic mass is 9.54. The Balaban J connectivity index is 2.34. The number of amides is 1. The topological polar surface area (TPSA) is 101 Å². The van der Waals surface area contributed by atoms with Crippen molar-refractivity contribution in [3.8, 4) is 0 Å². The number of nitrogens with zero attached hydrogens (tertiary/aromatic N) is 2. The number of rotatable bonds is 5. The van der Waals surface area contributed by atoms with Crippen molar-refractivity contribution in [2.24, 2.45) is 5.41 Å². The summed E-state index contributed by atoms with van der Waals surface area (Å²) in [6, 6.07) is 1.08. The van der Waals surface area contributed by atoms with Gasteiger partial charge in [0.2, 0.25) is 5.82 Å². The minimum absolute atomic E-state index is 0.00507. The molecule has 0 radical (unpaired) electrons. The molecule has 2 atom stereocenters. The van der Waals surface area contributed by atoms with Gasteiger partial charge in [0.25, 0.3) is 5.91 Å². The van der Waals surface area contributed by atoms with Crippen LogP contribution in [0.3, 0.4) is 0 Å². The Bertz CT molecular complexity index is 736. The monoisotopic (exact) mass is 375 g/mol. The molecule has 26 heavy (non-hydrogen) atoms. The molecular formula is C16H20F3N3O4. The molecule has 1 saturated carbocycles. The first-order valence-electron chi connectivity index (χ1n) is 7.95. The van der Waals surface area contributed by atoms with E-state index in [4.69, 9.17) is 4.74 Å². The lowest BCUT2D eigenvalue weighted by Gasteiger charge is -2.58. The second-order valence-corrected chi connectivity index (χ2v) is 6.75. The molecule has 1 aromatic rings. The zero-order valence-electron chi connectivity index (χ0n) is 14.8. The van der Waals surface area contributed by atoms with Crippen LogP contribution < -0.4 is 5.32 Å². The van der Waals surface area contributed by atoms with E-state index in [1.807, 2.05) is 0 Å². The van der Waals surface area contributed by atoms with E-state index in [1.165, 1.54) is 6.92 Å². The highest BCUT2D eigenvalue weighted by molar-refractivity contribution is 5.97. The number of alkyl halides is 3. The number of carbonyl (C=O) groups is 2. The zero-order chi connectivity index (χ0) is 19.9. The number of hydrogen-bond acceptors (Lipinski definition) is 5. The van der Waals surface area contributed by atoms with Crippen LogP contribution in [-0.4, -0.2) is 45.2 Å². The van der Waals surface area contributed by atoms with Crippen molar-refractivity contribution in [1.29, 1.82) is 0 Å². The number of aliphatic carboxylic acids is 1. The highest BCUT2D eigenvalue weighted by atomic mass is 19.4. The van der Waals surface area contributed by atoms with Gasteiger partial charge in [0.05, 0.1) is 6.10 Å². The fourth-order valence-corrected chi connectivity index (χ4v) is 3.11. The summed E-state index contributed by atoms with van der Waals surface area (Å²) in [6.07, 6.45) is -5.21. The third kappa shape index (κ3) is 3.25. The molecule has 0 bridgehead atoms. The number of halogens is 3. The number of hydrogen-bond donors (Lipinski definition) is 2. The van der Waals surface area contributed by atoms with Crippen molar-refractivity contribution in [3.05, 3.63) is 23.3 Å². The van der Waals surface area contributed by atoms with Crippen LogP contribution in [-0.2, 0) is 15.7 Å². The van der Waals surface area contributed by atoms with Gasteiger partial charge in [-0.2, -0.15) is 13.2 Å². The number of carboxylic acids is 1. The number of carbonyl (C=O) groups excluding carboxylic acids is 1. The fraction of sp³-hybridized carbons (Fsp3) is 0.625. The van der Waals surface area contributed by atoms with Crippen LogP contribution in [0.2, 0.25) is 0 Å². The van der Waals surface area contributed by atoms with E-state index in [9.17, 15) is 27.9 Å². The Morgan fingerprint density at radius 1 is 1.38 bits per heavy atom. The highest BCUT2D eigenvalue weighted by Crippen LogP contribution is 2.51. The van der Waals surface area contributed by atoms with E-state index < -0.39 is 46.6 Å². The van der Waals surface area contributed by atoms with Gasteiger partial charge < -0.3 is 15.2 Å². The molecule has 0 spiro atoms. The van der Waals surface area contributed by atoms with E-state index in [0.717, 1.165) is 6.07 Å². The average Bonchev–Trinajstić information content (AvgIpc) is 2.51. The van der Waals surface area contributed by atoms with Crippen LogP contribution in [0.15, 0.2) is 6.07 Å². The molecule has 1 amide bonds. The molecule has 144 valence electrons. The van der Waals surface area contributed by atoms with Crippen LogP contribution >= 0.6 is 0 Å². The normalized spacial score (nSPS) is 24.7. The summed E-state index contributed by atoms with van der Waals surface area (Å²) in [5.41, 5.74) is -3.22. The van der Waals surface area contributed by atoms with E-state index in [2.05, 4.69) is 15.3 Å². The Labute approximate surface area is 148 Å². The van der Waals surface area contributed by atoms with E-state index in [0.29, 0.717) is 6.61 Å². The average molecular weight is 375 g/mol. The van der Waals surface area contributed by atoms with E-state index in [-0.39, 0.29) is 12.1 Å². The van der Waals surface area contributed by atoms with Crippen molar-refractivity contribution in [2.75, 3.05) is 6.61 Å². The van der Waals surface area contributed by atoms with Gasteiger partial charge in [-0.1, -0.05) is 13.8 Å². The summed E-state index contributed by atoms with van der Waals surface area (Å²) in [5.74, 6) is -3.74. The first-order chi connectivity index (χ1) is 11.8. The third-order valence-corrected chi connectivity index (χ3v) is 4.80. The first-order valence-corrected chi connectivity index (χ1v) is 7.95. The van der Waals surface area contributed by atoms with Crippen molar-refractivity contribution in [1.82, 2.24) is 15.3 Å². The van der Waals surface area contributed by atoms with Crippen LogP contribution in [0, 0.1) is 12.3 Å². The van der Waals surface area contributed by atoms with Crippen molar-refractivity contribution in [2.45, 2.75) is 51.9 Å². The number of aromatic nitrogens is 2. The molecular weight excluding hydrogens is 355 g/mol. The van der Waals surface area contributed by atoms with Crippen molar-refractivity contribution in [3.63, 3.8) is 0 Å². The Morgan fingerprint density at radius 2 is 2.00 bits per heavy atom. The number of aryl methyl sites for hydroxylation is 1. The molecule has 0 saturated heterocycles. The van der Waals surface area contributed by atoms with Gasteiger partial charge in [-0.25, -0.2) is 14.8 Å². The van der Waals surface area contributed by atoms with Gasteiger partial charge in [-0.3, -0.25) is 4.79 Å². The van der Waals surface area contributed by atoms with Crippen molar-refractivity contribution < 1.29 is 32.6 Å². The lowest BCUT2D eigenvalue weighted by molar-refractivity contribution is -0.190. The third-order valence-electron chi connectivity index (χ3n) is 4.80. The van der Waals surface area contributed by atoms with Gasteiger partial charge >= 0.3 is 12.1 Å². The van der Waals surface area contributed by atoms with Gasteiger partial charge in [-0.05, 0) is 19.9 Å². The van der Waals surface area contributed by atoms with Crippen LogP contribution in [0.25, 0.3) is 0 Å². The summed E-state index contributed by atoms with van der Waals surface area (Å²) >= 11 is 0. The highest BCUT2D eigenvalue weighted by Gasteiger charge is 2.66. The molecule has 0 aromatic carbocycles. The summed E-state index contributed by atoms with van der Waals surface area (Å²) in [7, 11) is 0. The molecule has 1 aromatic heterocycles. The summed E-state index contributed by atoms with van der Waals surface area (Å²) < 4.78 is 44.0. The first kappa shape index (κ1) is 20.1. The Kier molecular flexibility index (Phi) is 5.02. The van der Waals surface area contributed by atoms with E-state index in [1.54, 1.807) is 20.8 Å². The lowest BCUT2D eigenvalue weighted by Crippen LogP contribution is -2.76. The molecule has 0 aliphatic heterocycles. The number of ether oxygens (including phenoxy) is 1. The standard InChI is InChI=1S/C16H20F3N3O4/c1-5-26-10-7-15(13(24)25,14(10,3)4)22-11(23)9-6-8(2)20-12(21-9)16(17,18)19/h6,10H,5,7H2,1-4H3,(H,22,23)(H,24,25). The summed E-state index contributed by atoms with van der Waals surface area (Å²) in [5, 5.41) is 12.0. The molecule has 1 aliphatic carbocycles. The maximum Gasteiger partial charge on any atom is 0.451 e. The smallest absolute Gasteiger partial charge is 0.451 e. The maximum absolute atomic E-state index is 12.8. The van der Waals surface area contributed by atoms with E-state index >= 15 is 0 Å². The van der Waals surface area contributed by atoms with Gasteiger partial charge in [0.15, 0.2) is 0 Å². The second-order valence-electron chi connectivity index (χ2n) is 6.75. The predicted octanol–water partition coefficient (Wildman–Crippen LogP) is 2.19. The second kappa shape index (κ2) is 6.49. The molecule has 1 fully saturated rings. The molecule has 2 N–H and O–H groups in total. The number of nitrogens with one attached hydrogen (secondary N) is 1. The van der Waals surface area contributed by atoms with Gasteiger partial charge in [-0.15, -0.1) is 0 Å². The molecule has 1 aliphatic rings. The largest absolute Gasteiger partial charge is 0.479 e. The minimum Gasteiger partial charge on any atom is -0.479 e. The van der Waals surface area contributed by atoms with Crippen LogP contribution in [0.5, 0.6) is 0 Å². The number of carboxylic acid groups (broad SMARTS) is 1. The molecule has 7 nitrogen and oxygen atoms in total. The van der Waals surface area contributed by atoms with Crippen LogP contribution in [0.4, 0.5) is 13.2 Å². The van der Waals surface area contributed by atoms with Crippen LogP contribution in [0.1, 0.15) is 49.2 Å². The molecule has 10 heteroatoms. The predicted molar refractivity (Wildman–Crippen MR) is 83.4 cm³/mol. The summed E-state index contributed by atoms with van der Waals surface area (Å²) in [6.45, 7) is 6.67. The summed E-state index contributed by atoms with van der Waals surface area (Å²) in [4.78, 5) is 30.8. The van der Waals surface area contributed by atoms with Gasteiger partial charge in [0, 0.05) is 24.1 Å². The Hall–Kier alpha value is -2.23. The van der Waals surface area contributed by atoms with Gasteiger partial charge in [0.1, 0.15) is 11.2 Å². The zero-order valence-corrected chi connectivity index (χ0v) is 14.8. The maximum atomic E-state index is 12.8. The minimum atomic E-state index is -4.82. The Morgan fingerprint density at radius 3 is 2.46 bits per heavy atom. The van der Waals surface area contributed by atoms with Crippen molar-refractivity contribution >= 4 is 11.9 Å². The molecule has 2 rings (SSSR count). The fourth-order valence-electron chi connectivity index (χ4n) is 3.11. The molecule has 2 unspecified atom stereocenters. The SMILES string of the molecule is CCOC1CC(NC(=O)c2cc(C)nc(C(F)(F)F)n2)(C(=O)O)C1(C)C. The molecule has 1 heterocycles. The quantitative estimate of drug-likeness (QED) is 0.818.